The largest absolute Gasteiger partial charge is 0.491 e. The van der Waals surface area contributed by atoms with Crippen molar-refractivity contribution in [2.45, 2.75) is 19.6 Å². The van der Waals surface area contributed by atoms with Crippen molar-refractivity contribution in [3.05, 3.63) is 95.0 Å². The molecule has 1 N–H and O–H groups in total. The average molecular weight is 402 g/mol. The lowest BCUT2D eigenvalue weighted by molar-refractivity contribution is 0.0909. The van der Waals surface area contributed by atoms with Crippen molar-refractivity contribution in [1.29, 1.82) is 0 Å². The van der Waals surface area contributed by atoms with Gasteiger partial charge in [-0.2, -0.15) is 0 Å². The van der Waals surface area contributed by atoms with Crippen LogP contribution in [-0.2, 0) is 6.54 Å². The molecule has 0 saturated heterocycles. The van der Waals surface area contributed by atoms with Crippen molar-refractivity contribution in [3.63, 3.8) is 0 Å². The number of fused-ring (bicyclic) bond motifs is 1. The Morgan fingerprint density at radius 2 is 1.53 bits per heavy atom. The summed E-state index contributed by atoms with van der Waals surface area (Å²) in [5, 5.41) is 10.9. The third-order valence-electron chi connectivity index (χ3n) is 4.69. The van der Waals surface area contributed by atoms with Crippen LogP contribution in [0.2, 0.25) is 0 Å². The lowest BCUT2D eigenvalue weighted by atomic mass is 10.2. The zero-order chi connectivity index (χ0) is 20.9. The molecule has 1 heterocycles. The van der Waals surface area contributed by atoms with Gasteiger partial charge in [-0.3, -0.25) is 9.36 Å². The van der Waals surface area contributed by atoms with Gasteiger partial charge in [0.15, 0.2) is 0 Å². The summed E-state index contributed by atoms with van der Waals surface area (Å²) in [4.78, 5) is 17.2. The summed E-state index contributed by atoms with van der Waals surface area (Å²) in [7, 11) is 0. The third-order valence-corrected chi connectivity index (χ3v) is 4.69. The smallest absolute Gasteiger partial charge is 0.261 e. The van der Waals surface area contributed by atoms with E-state index in [0.29, 0.717) is 28.2 Å². The van der Waals surface area contributed by atoms with Gasteiger partial charge in [0, 0.05) is 0 Å². The van der Waals surface area contributed by atoms with Crippen molar-refractivity contribution in [3.8, 4) is 17.2 Å². The molecule has 0 aliphatic carbocycles. The lowest BCUT2D eigenvalue weighted by Crippen LogP contribution is -2.32. The molecular weight excluding hydrogens is 380 g/mol. The molecule has 0 spiro atoms. The highest BCUT2D eigenvalue weighted by Crippen LogP contribution is 2.23. The van der Waals surface area contributed by atoms with Gasteiger partial charge in [-0.1, -0.05) is 30.3 Å². The minimum atomic E-state index is -0.857. The summed E-state index contributed by atoms with van der Waals surface area (Å²) in [5.41, 5.74) is 0.486. The minimum Gasteiger partial charge on any atom is -0.491 e. The molecule has 3 aromatic carbocycles. The first-order valence-corrected chi connectivity index (χ1v) is 9.70. The van der Waals surface area contributed by atoms with Gasteiger partial charge in [0.1, 0.15) is 35.8 Å². The Kier molecular flexibility index (Phi) is 5.77. The van der Waals surface area contributed by atoms with E-state index in [9.17, 15) is 9.90 Å². The van der Waals surface area contributed by atoms with Crippen LogP contribution in [0.5, 0.6) is 17.2 Å². The molecule has 0 amide bonds. The zero-order valence-corrected chi connectivity index (χ0v) is 16.6. The fourth-order valence-corrected chi connectivity index (χ4v) is 3.18. The highest BCUT2D eigenvalue weighted by atomic mass is 16.5. The van der Waals surface area contributed by atoms with E-state index < -0.39 is 6.10 Å². The van der Waals surface area contributed by atoms with E-state index in [2.05, 4.69) is 4.98 Å². The second-order valence-corrected chi connectivity index (χ2v) is 6.94. The Bertz CT molecular complexity index is 1190. The van der Waals surface area contributed by atoms with Crippen LogP contribution in [0.25, 0.3) is 10.9 Å². The monoisotopic (exact) mass is 402 g/mol. The van der Waals surface area contributed by atoms with Crippen LogP contribution in [0.4, 0.5) is 0 Å². The summed E-state index contributed by atoms with van der Waals surface area (Å²) in [5.74, 6) is 2.61. The van der Waals surface area contributed by atoms with Crippen LogP contribution < -0.4 is 15.0 Å². The van der Waals surface area contributed by atoms with Crippen molar-refractivity contribution >= 4 is 10.9 Å². The molecule has 1 atom stereocenters. The van der Waals surface area contributed by atoms with Crippen LogP contribution in [-0.4, -0.2) is 27.4 Å². The summed E-state index contributed by atoms with van der Waals surface area (Å²) >= 11 is 0. The van der Waals surface area contributed by atoms with Crippen molar-refractivity contribution in [2.75, 3.05) is 6.61 Å². The summed E-state index contributed by atoms with van der Waals surface area (Å²) in [6.07, 6.45) is -0.857. The van der Waals surface area contributed by atoms with Gasteiger partial charge in [0.25, 0.3) is 5.56 Å². The van der Waals surface area contributed by atoms with Crippen LogP contribution in [0, 0.1) is 6.92 Å². The maximum Gasteiger partial charge on any atom is 0.261 e. The number of ether oxygens (including phenoxy) is 2. The number of benzene rings is 3. The molecule has 0 fully saturated rings. The first kappa shape index (κ1) is 19.7. The highest BCUT2D eigenvalue weighted by Gasteiger charge is 2.13. The zero-order valence-electron chi connectivity index (χ0n) is 16.6. The highest BCUT2D eigenvalue weighted by molar-refractivity contribution is 5.77. The van der Waals surface area contributed by atoms with Crippen LogP contribution in [0.3, 0.4) is 0 Å². The van der Waals surface area contributed by atoms with E-state index in [1.165, 1.54) is 4.57 Å². The fourth-order valence-electron chi connectivity index (χ4n) is 3.18. The number of aromatic nitrogens is 2. The molecule has 6 nitrogen and oxygen atoms in total. The van der Waals surface area contributed by atoms with Gasteiger partial charge in [-0.25, -0.2) is 4.98 Å². The van der Waals surface area contributed by atoms with E-state index in [0.717, 1.165) is 5.75 Å². The number of rotatable bonds is 7. The average Bonchev–Trinajstić information content (AvgIpc) is 2.77. The molecule has 0 aliphatic heterocycles. The molecular formula is C24H22N2O4. The van der Waals surface area contributed by atoms with Crippen molar-refractivity contribution in [2.24, 2.45) is 0 Å². The number of aliphatic hydroxyl groups excluding tert-OH is 1. The second kappa shape index (κ2) is 8.80. The Morgan fingerprint density at radius 3 is 2.30 bits per heavy atom. The van der Waals surface area contributed by atoms with Gasteiger partial charge in [0.05, 0.1) is 17.4 Å². The Balaban J connectivity index is 1.38. The number of aryl methyl sites for hydroxylation is 1. The topological polar surface area (TPSA) is 73.6 Å². The number of aliphatic hydroxyl groups is 1. The first-order chi connectivity index (χ1) is 14.6. The van der Waals surface area contributed by atoms with Gasteiger partial charge in [-0.15, -0.1) is 0 Å². The number of hydrogen-bond acceptors (Lipinski definition) is 5. The lowest BCUT2D eigenvalue weighted by Gasteiger charge is -2.16. The molecule has 0 saturated carbocycles. The number of nitrogens with zero attached hydrogens (tertiary/aromatic N) is 2. The normalized spacial score (nSPS) is 11.9. The standard InChI is InChI=1S/C24H22N2O4/c1-17-25-23-10-6-5-9-22(23)24(28)26(17)15-18(27)16-29-19-11-13-21(14-12-19)30-20-7-3-2-4-8-20/h2-14,18,27H,15-16H2,1H3/t18-/m0/s1. The molecule has 4 aromatic rings. The number of hydrogen-bond donors (Lipinski definition) is 1. The maximum absolute atomic E-state index is 12.7. The molecule has 0 unspecified atom stereocenters. The third kappa shape index (κ3) is 4.50. The van der Waals surface area contributed by atoms with E-state index in [4.69, 9.17) is 9.47 Å². The Labute approximate surface area is 174 Å². The van der Waals surface area contributed by atoms with Gasteiger partial charge in [0.2, 0.25) is 0 Å². The van der Waals surface area contributed by atoms with Gasteiger partial charge >= 0.3 is 0 Å². The van der Waals surface area contributed by atoms with Crippen molar-refractivity contribution in [1.82, 2.24) is 9.55 Å². The van der Waals surface area contributed by atoms with Crippen molar-refractivity contribution < 1.29 is 14.6 Å². The van der Waals surface area contributed by atoms with Gasteiger partial charge < -0.3 is 14.6 Å². The Morgan fingerprint density at radius 1 is 0.900 bits per heavy atom. The second-order valence-electron chi connectivity index (χ2n) is 6.94. The van der Waals surface area contributed by atoms with Crippen LogP contribution in [0.15, 0.2) is 83.7 Å². The molecule has 0 aliphatic rings. The van der Waals surface area contributed by atoms with E-state index >= 15 is 0 Å². The SMILES string of the molecule is Cc1nc2ccccc2c(=O)n1C[C@H](O)COc1ccc(Oc2ccccc2)cc1. The van der Waals surface area contributed by atoms with E-state index in [1.54, 1.807) is 49.4 Å². The molecule has 0 radical (unpaired) electrons. The predicted octanol–water partition coefficient (Wildman–Crippen LogP) is 3.94. The molecule has 4 rings (SSSR count). The van der Waals surface area contributed by atoms with Crippen LogP contribution >= 0.6 is 0 Å². The summed E-state index contributed by atoms with van der Waals surface area (Å²) in [6, 6.07) is 23.9. The van der Waals surface area contributed by atoms with Gasteiger partial charge in [-0.05, 0) is 55.5 Å². The molecule has 1 aromatic heterocycles. The number of para-hydroxylation sites is 2. The molecule has 152 valence electrons. The van der Waals surface area contributed by atoms with E-state index in [-0.39, 0.29) is 18.7 Å². The summed E-state index contributed by atoms with van der Waals surface area (Å²) in [6.45, 7) is 1.92. The molecule has 6 heteroatoms. The first-order valence-electron chi connectivity index (χ1n) is 9.70. The quantitative estimate of drug-likeness (QED) is 0.507. The molecule has 30 heavy (non-hydrogen) atoms. The summed E-state index contributed by atoms with van der Waals surface area (Å²) < 4.78 is 12.9. The van der Waals surface area contributed by atoms with Crippen LogP contribution in [0.1, 0.15) is 5.82 Å². The maximum atomic E-state index is 12.7. The predicted molar refractivity (Wildman–Crippen MR) is 115 cm³/mol. The Hall–Kier alpha value is -3.64. The van der Waals surface area contributed by atoms with E-state index in [1.807, 2.05) is 36.4 Å². The minimum absolute atomic E-state index is 0.0532. The molecule has 0 bridgehead atoms. The fraction of sp³-hybridized carbons (Fsp3) is 0.167.